The summed E-state index contributed by atoms with van der Waals surface area (Å²) >= 11 is 9.18. The summed E-state index contributed by atoms with van der Waals surface area (Å²) in [5, 5.41) is 12.9. The van der Waals surface area contributed by atoms with E-state index in [4.69, 9.17) is 26.2 Å². The van der Waals surface area contributed by atoms with Crippen molar-refractivity contribution in [1.82, 2.24) is 15.2 Å². The third-order valence-electron chi connectivity index (χ3n) is 11.6. The molecule has 2 fully saturated rings. The number of rotatable bonds is 15. The smallest absolute Gasteiger partial charge is 0.356 e. The number of fused-ring (bicyclic) bond motifs is 1. The van der Waals surface area contributed by atoms with Gasteiger partial charge in [0.2, 0.25) is 0 Å². The third-order valence-corrected chi connectivity index (χ3v) is 14.0. The highest BCUT2D eigenvalue weighted by molar-refractivity contribution is 8.00. The van der Waals surface area contributed by atoms with Crippen molar-refractivity contribution in [2.45, 2.75) is 54.8 Å². The van der Waals surface area contributed by atoms with Gasteiger partial charge in [-0.1, -0.05) is 157 Å². The maximum atomic E-state index is 14.4. The van der Waals surface area contributed by atoms with E-state index in [1.54, 1.807) is 5.38 Å². The van der Waals surface area contributed by atoms with Crippen LogP contribution in [0, 0.1) is 0 Å². The molecular weight excluding hydrogens is 850 g/mol. The van der Waals surface area contributed by atoms with Crippen LogP contribution < -0.4 is 10.6 Å². The van der Waals surface area contributed by atoms with Gasteiger partial charge in [0.25, 0.3) is 11.8 Å². The maximum Gasteiger partial charge on any atom is 0.356 e. The zero-order valence-corrected chi connectivity index (χ0v) is 36.5. The van der Waals surface area contributed by atoms with Crippen LogP contribution in [0.15, 0.2) is 173 Å². The van der Waals surface area contributed by atoms with E-state index >= 15 is 0 Å². The van der Waals surface area contributed by atoms with Crippen LogP contribution in [-0.2, 0) is 29.5 Å². The number of alkyl halides is 1. The van der Waals surface area contributed by atoms with Crippen molar-refractivity contribution in [2.75, 3.05) is 16.9 Å². The van der Waals surface area contributed by atoms with Crippen LogP contribution >= 0.6 is 34.7 Å². The summed E-state index contributed by atoms with van der Waals surface area (Å²) in [7, 11) is 0. The summed E-state index contributed by atoms with van der Waals surface area (Å²) in [4.78, 5) is 55.2. The summed E-state index contributed by atoms with van der Waals surface area (Å²) in [5.41, 5.74) is 4.64. The molecule has 1 saturated heterocycles. The number of anilines is 1. The lowest BCUT2D eigenvalue weighted by Crippen LogP contribution is -2.71. The van der Waals surface area contributed by atoms with Crippen molar-refractivity contribution >= 4 is 63.3 Å². The Balaban J connectivity index is 0.989. The van der Waals surface area contributed by atoms with Crippen molar-refractivity contribution in [2.24, 2.45) is 5.16 Å². The lowest BCUT2D eigenvalue weighted by Gasteiger charge is -2.49. The number of halogens is 1. The number of nitrogens with one attached hydrogen (secondary N) is 2. The van der Waals surface area contributed by atoms with Gasteiger partial charge < -0.3 is 20.2 Å². The molecule has 0 spiro atoms. The fourth-order valence-electron chi connectivity index (χ4n) is 8.44. The highest BCUT2D eigenvalue weighted by atomic mass is 35.5. The minimum absolute atomic E-state index is 0.0297. The second-order valence-corrected chi connectivity index (χ2v) is 17.7. The summed E-state index contributed by atoms with van der Waals surface area (Å²) in [6.07, 6.45) is 2.82. The molecule has 2 aliphatic heterocycles. The minimum Gasteiger partial charge on any atom is -0.448 e. The number of carbonyl (C=O) groups excluding carboxylic acids is 3. The molecule has 318 valence electrons. The number of amides is 2. The summed E-state index contributed by atoms with van der Waals surface area (Å²) in [5.74, 6) is -1.34. The molecule has 2 atom stereocenters. The van der Waals surface area contributed by atoms with Crippen LogP contribution in [0.25, 0.3) is 0 Å². The van der Waals surface area contributed by atoms with Gasteiger partial charge in [0.1, 0.15) is 34.4 Å². The lowest BCUT2D eigenvalue weighted by molar-refractivity contribution is -0.154. The number of thioether (sulfide) groups is 1. The topological polar surface area (TPSA) is 122 Å². The Hall–Kier alpha value is -6.21. The summed E-state index contributed by atoms with van der Waals surface area (Å²) < 4.78 is 6.21. The molecule has 3 aliphatic rings. The van der Waals surface area contributed by atoms with E-state index in [1.165, 1.54) is 28.0 Å². The van der Waals surface area contributed by atoms with E-state index in [1.807, 2.05) is 115 Å². The number of hydrogen-bond acceptors (Lipinski definition) is 10. The highest BCUT2D eigenvalue weighted by Crippen LogP contribution is 2.43. The molecule has 1 saturated carbocycles. The second-order valence-electron chi connectivity index (χ2n) is 15.5. The van der Waals surface area contributed by atoms with Crippen molar-refractivity contribution in [3.05, 3.63) is 202 Å². The Kier molecular flexibility index (Phi) is 12.7. The van der Waals surface area contributed by atoms with Crippen LogP contribution in [0.5, 0.6) is 0 Å². The standard InChI is InChI=1S/C50H44ClN5O5S2/c51-30-35-31-62-47-42(46(58)56(47)43(35)48(59)60-44(33-18-6-1-7-19-33)34-20-8-2-9-21-34)53-45(57)41(55-61-39-28-16-17-29-39)40-32-63-49(52-40)54-50(36-22-10-3-11-23-36,37-24-12-4-13-25-37)38-26-14-5-15-27-38/h1-15,18-27,32,39,42,44,47H,16-17,28-31H2,(H,52,54)(H,53,57)/b55-41-/t42-,47-/m1/s1. The van der Waals surface area contributed by atoms with E-state index in [-0.39, 0.29) is 23.4 Å². The number of thiazole rings is 1. The van der Waals surface area contributed by atoms with Crippen LogP contribution in [0.2, 0.25) is 0 Å². The van der Waals surface area contributed by atoms with Gasteiger partial charge in [-0.25, -0.2) is 9.78 Å². The first-order valence-corrected chi connectivity index (χ1v) is 23.4. The molecule has 9 rings (SSSR count). The molecule has 10 nitrogen and oxygen atoms in total. The number of carbonyl (C=O) groups is 3. The molecule has 6 aromatic rings. The van der Waals surface area contributed by atoms with Gasteiger partial charge in [-0.3, -0.25) is 14.5 Å². The molecule has 2 amide bonds. The number of esters is 1. The molecule has 1 aromatic heterocycles. The average Bonchev–Trinajstić information content (AvgIpc) is 4.05. The van der Waals surface area contributed by atoms with Gasteiger partial charge in [-0.05, 0) is 59.1 Å². The van der Waals surface area contributed by atoms with Crippen LogP contribution in [-0.4, -0.2) is 62.5 Å². The lowest BCUT2D eigenvalue weighted by atomic mass is 9.77. The number of ether oxygens (including phenoxy) is 1. The number of benzene rings is 5. The fraction of sp³-hybridized carbons (Fsp3) is 0.220. The highest BCUT2D eigenvalue weighted by Gasteiger charge is 2.55. The first kappa shape index (κ1) is 42.1. The number of oxime groups is 1. The van der Waals surface area contributed by atoms with Crippen molar-refractivity contribution in [1.29, 1.82) is 0 Å². The van der Waals surface area contributed by atoms with E-state index in [0.717, 1.165) is 53.5 Å². The Labute approximate surface area is 379 Å². The Morgan fingerprint density at radius 1 is 0.794 bits per heavy atom. The van der Waals surface area contributed by atoms with Gasteiger partial charge in [0.05, 0.1) is 0 Å². The summed E-state index contributed by atoms with van der Waals surface area (Å²) in [6.45, 7) is 0. The number of β-lactam (4-membered cyclic amide) rings is 1. The van der Waals surface area contributed by atoms with E-state index in [2.05, 4.69) is 52.2 Å². The van der Waals surface area contributed by atoms with Gasteiger partial charge >= 0.3 is 5.97 Å². The molecule has 13 heteroatoms. The van der Waals surface area contributed by atoms with Gasteiger partial charge in [-0.15, -0.1) is 34.7 Å². The molecule has 0 bridgehead atoms. The predicted octanol–water partition coefficient (Wildman–Crippen LogP) is 9.44. The molecule has 3 heterocycles. The Morgan fingerprint density at radius 3 is 1.84 bits per heavy atom. The SMILES string of the molecule is O=C(OC(c1ccccc1)c1ccccc1)C1=C(CCl)CS[C@@H]2[C@H](NC(=O)/C(=N\OC3CCCC3)c3csc(NC(c4ccccc4)(c4ccccc4)c4ccccc4)n3)C(=O)N12. The first-order chi connectivity index (χ1) is 30.9. The van der Waals surface area contributed by atoms with E-state index in [0.29, 0.717) is 22.2 Å². The Bertz CT molecular complexity index is 2470. The zero-order valence-electron chi connectivity index (χ0n) is 34.1. The third kappa shape index (κ3) is 8.63. The molecule has 2 N–H and O–H groups in total. The second kappa shape index (κ2) is 19.0. The summed E-state index contributed by atoms with van der Waals surface area (Å²) in [6, 6.07) is 48.5. The van der Waals surface area contributed by atoms with E-state index in [9.17, 15) is 14.4 Å². The van der Waals surface area contributed by atoms with Gasteiger partial charge in [0.15, 0.2) is 16.9 Å². The predicted molar refractivity (Wildman–Crippen MR) is 248 cm³/mol. The molecule has 0 unspecified atom stereocenters. The number of aromatic nitrogens is 1. The number of nitrogens with zero attached hydrogens (tertiary/aromatic N) is 3. The van der Waals surface area contributed by atoms with Gasteiger partial charge in [-0.2, -0.15) is 0 Å². The normalized spacial score (nSPS) is 17.8. The van der Waals surface area contributed by atoms with Crippen molar-refractivity contribution in [3.8, 4) is 0 Å². The zero-order chi connectivity index (χ0) is 43.2. The van der Waals surface area contributed by atoms with Crippen LogP contribution in [0.3, 0.4) is 0 Å². The molecule has 1 aliphatic carbocycles. The molecule has 0 radical (unpaired) electrons. The molecule has 63 heavy (non-hydrogen) atoms. The number of hydrogen-bond donors (Lipinski definition) is 2. The maximum absolute atomic E-state index is 14.4. The molecular formula is C50H44ClN5O5S2. The first-order valence-electron chi connectivity index (χ1n) is 20.9. The molecule has 5 aromatic carbocycles. The minimum atomic E-state index is -0.962. The fourth-order valence-corrected chi connectivity index (χ4v) is 10.9. The Morgan fingerprint density at radius 2 is 1.32 bits per heavy atom. The van der Waals surface area contributed by atoms with E-state index < -0.39 is 40.8 Å². The quantitative estimate of drug-likeness (QED) is 0.0261. The van der Waals surface area contributed by atoms with Crippen LogP contribution in [0.1, 0.15) is 65.3 Å². The monoisotopic (exact) mass is 893 g/mol. The van der Waals surface area contributed by atoms with Crippen molar-refractivity contribution < 1.29 is 24.0 Å². The largest absolute Gasteiger partial charge is 0.448 e. The van der Waals surface area contributed by atoms with Crippen molar-refractivity contribution in [3.63, 3.8) is 0 Å². The average molecular weight is 895 g/mol. The van der Waals surface area contributed by atoms with Gasteiger partial charge in [0, 0.05) is 17.0 Å². The van der Waals surface area contributed by atoms with Crippen LogP contribution in [0.4, 0.5) is 5.13 Å².